The van der Waals surface area contributed by atoms with E-state index in [1.807, 2.05) is 18.2 Å². The van der Waals surface area contributed by atoms with Gasteiger partial charge in [0.25, 0.3) is 0 Å². The van der Waals surface area contributed by atoms with E-state index in [4.69, 9.17) is 14.2 Å². The van der Waals surface area contributed by atoms with Gasteiger partial charge >= 0.3 is 0 Å². The summed E-state index contributed by atoms with van der Waals surface area (Å²) >= 11 is 0. The second kappa shape index (κ2) is 9.51. The lowest BCUT2D eigenvalue weighted by Gasteiger charge is -2.10. The van der Waals surface area contributed by atoms with Crippen molar-refractivity contribution in [2.24, 2.45) is 0 Å². The third-order valence-electron chi connectivity index (χ3n) is 3.29. The van der Waals surface area contributed by atoms with Gasteiger partial charge < -0.3 is 24.8 Å². The van der Waals surface area contributed by atoms with Crippen LogP contribution in [0.15, 0.2) is 24.4 Å². The molecule has 0 bridgehead atoms. The van der Waals surface area contributed by atoms with Gasteiger partial charge in [0.2, 0.25) is 5.95 Å². The number of nitrogens with one attached hydrogen (secondary N) is 2. The molecule has 0 aliphatic heterocycles. The molecule has 2 aromatic rings. The van der Waals surface area contributed by atoms with Crippen LogP contribution in [0.5, 0.6) is 11.5 Å². The summed E-state index contributed by atoms with van der Waals surface area (Å²) in [5.41, 5.74) is 1.02. The van der Waals surface area contributed by atoms with Gasteiger partial charge in [-0.2, -0.15) is 10.1 Å². The SMILES string of the molecule is COCCCNc1cnnc(NCc2ccc(OC)c(OC)c2)n1. The standard InChI is InChI=1S/C16H23N5O3/c1-22-8-4-7-17-15-11-19-21-16(20-15)18-10-12-5-6-13(23-2)14(9-12)24-3/h5-6,9,11H,4,7-8,10H2,1-3H3,(H2,17,18,20,21). The Morgan fingerprint density at radius 2 is 1.88 bits per heavy atom. The van der Waals surface area contributed by atoms with Gasteiger partial charge in [0, 0.05) is 26.8 Å². The van der Waals surface area contributed by atoms with Gasteiger partial charge in [-0.25, -0.2) is 0 Å². The second-order valence-corrected chi connectivity index (χ2v) is 4.98. The molecular weight excluding hydrogens is 310 g/mol. The number of nitrogens with zero attached hydrogens (tertiary/aromatic N) is 3. The Morgan fingerprint density at radius 3 is 2.62 bits per heavy atom. The van der Waals surface area contributed by atoms with E-state index in [9.17, 15) is 0 Å². The fourth-order valence-corrected chi connectivity index (χ4v) is 2.07. The third kappa shape index (κ3) is 5.24. The lowest BCUT2D eigenvalue weighted by atomic mass is 10.2. The van der Waals surface area contributed by atoms with E-state index in [1.165, 1.54) is 0 Å². The monoisotopic (exact) mass is 333 g/mol. The fourth-order valence-electron chi connectivity index (χ4n) is 2.07. The molecule has 0 saturated carbocycles. The summed E-state index contributed by atoms with van der Waals surface area (Å²) in [6, 6.07) is 5.73. The number of aromatic nitrogens is 3. The van der Waals surface area contributed by atoms with Crippen LogP contribution in [0.25, 0.3) is 0 Å². The van der Waals surface area contributed by atoms with Gasteiger partial charge in [0.05, 0.1) is 20.4 Å². The van der Waals surface area contributed by atoms with Crippen molar-refractivity contribution in [1.29, 1.82) is 0 Å². The Bertz CT molecular complexity index is 639. The summed E-state index contributed by atoms with van der Waals surface area (Å²) < 4.78 is 15.5. The Balaban J connectivity index is 1.92. The molecule has 0 aliphatic rings. The number of anilines is 2. The fraction of sp³-hybridized carbons (Fsp3) is 0.438. The molecule has 1 aromatic heterocycles. The summed E-state index contributed by atoms with van der Waals surface area (Å²) in [5, 5.41) is 14.3. The number of hydrogen-bond acceptors (Lipinski definition) is 8. The molecule has 8 nitrogen and oxygen atoms in total. The van der Waals surface area contributed by atoms with E-state index < -0.39 is 0 Å². The van der Waals surface area contributed by atoms with Crippen molar-refractivity contribution in [2.75, 3.05) is 45.1 Å². The molecular formula is C16H23N5O3. The zero-order valence-corrected chi connectivity index (χ0v) is 14.2. The zero-order valence-electron chi connectivity index (χ0n) is 14.2. The normalized spacial score (nSPS) is 10.3. The van der Waals surface area contributed by atoms with Crippen molar-refractivity contribution in [3.8, 4) is 11.5 Å². The van der Waals surface area contributed by atoms with Crippen LogP contribution in [0.4, 0.5) is 11.8 Å². The number of benzene rings is 1. The maximum atomic E-state index is 5.30. The number of hydrogen-bond donors (Lipinski definition) is 2. The van der Waals surface area contributed by atoms with E-state index in [2.05, 4.69) is 25.8 Å². The van der Waals surface area contributed by atoms with Crippen molar-refractivity contribution in [1.82, 2.24) is 15.2 Å². The number of ether oxygens (including phenoxy) is 3. The van der Waals surface area contributed by atoms with Crippen LogP contribution in [0.2, 0.25) is 0 Å². The predicted octanol–water partition coefficient (Wildman–Crippen LogP) is 1.95. The summed E-state index contributed by atoms with van der Waals surface area (Å²) in [7, 11) is 4.91. The average molecular weight is 333 g/mol. The first-order chi connectivity index (χ1) is 11.8. The minimum Gasteiger partial charge on any atom is -0.493 e. The minimum atomic E-state index is 0.460. The molecule has 0 spiro atoms. The van der Waals surface area contributed by atoms with E-state index in [0.717, 1.165) is 18.5 Å². The highest BCUT2D eigenvalue weighted by Crippen LogP contribution is 2.27. The van der Waals surface area contributed by atoms with Gasteiger partial charge in [0.1, 0.15) is 0 Å². The predicted molar refractivity (Wildman–Crippen MR) is 91.7 cm³/mol. The summed E-state index contributed by atoms with van der Waals surface area (Å²) in [6.07, 6.45) is 2.49. The van der Waals surface area contributed by atoms with Crippen LogP contribution >= 0.6 is 0 Å². The summed E-state index contributed by atoms with van der Waals surface area (Å²) in [6.45, 7) is 2.02. The van der Waals surface area contributed by atoms with E-state index in [0.29, 0.717) is 36.4 Å². The smallest absolute Gasteiger partial charge is 0.244 e. The Morgan fingerprint density at radius 1 is 1.04 bits per heavy atom. The van der Waals surface area contributed by atoms with Crippen molar-refractivity contribution in [2.45, 2.75) is 13.0 Å². The molecule has 2 rings (SSSR count). The molecule has 130 valence electrons. The maximum absolute atomic E-state index is 5.30. The van der Waals surface area contributed by atoms with Crippen LogP contribution < -0.4 is 20.1 Å². The van der Waals surface area contributed by atoms with Crippen molar-refractivity contribution < 1.29 is 14.2 Å². The summed E-state index contributed by atoms with van der Waals surface area (Å²) in [5.74, 6) is 2.52. The highest BCUT2D eigenvalue weighted by atomic mass is 16.5. The van der Waals surface area contributed by atoms with Crippen LogP contribution in [0, 0.1) is 0 Å². The average Bonchev–Trinajstić information content (AvgIpc) is 2.63. The minimum absolute atomic E-state index is 0.460. The van der Waals surface area contributed by atoms with Gasteiger partial charge in [-0.3, -0.25) is 0 Å². The van der Waals surface area contributed by atoms with Crippen molar-refractivity contribution in [3.05, 3.63) is 30.0 Å². The highest BCUT2D eigenvalue weighted by molar-refractivity contribution is 5.44. The lowest BCUT2D eigenvalue weighted by molar-refractivity contribution is 0.197. The molecule has 0 radical (unpaired) electrons. The van der Waals surface area contributed by atoms with E-state index >= 15 is 0 Å². The van der Waals surface area contributed by atoms with Gasteiger partial charge in [-0.05, 0) is 24.1 Å². The van der Waals surface area contributed by atoms with Crippen LogP contribution in [-0.4, -0.2) is 49.7 Å². The molecule has 0 amide bonds. The van der Waals surface area contributed by atoms with Crippen molar-refractivity contribution in [3.63, 3.8) is 0 Å². The molecule has 1 aromatic carbocycles. The Kier molecular flexibility index (Phi) is 7.03. The topological polar surface area (TPSA) is 90.4 Å². The summed E-state index contributed by atoms with van der Waals surface area (Å²) in [4.78, 5) is 4.37. The molecule has 0 aliphatic carbocycles. The van der Waals surface area contributed by atoms with E-state index in [1.54, 1.807) is 27.5 Å². The maximum Gasteiger partial charge on any atom is 0.244 e. The molecule has 2 N–H and O–H groups in total. The zero-order chi connectivity index (χ0) is 17.2. The molecule has 1 heterocycles. The molecule has 24 heavy (non-hydrogen) atoms. The number of rotatable bonds is 10. The lowest BCUT2D eigenvalue weighted by Crippen LogP contribution is -2.10. The first-order valence-corrected chi connectivity index (χ1v) is 7.64. The molecule has 0 saturated heterocycles. The van der Waals surface area contributed by atoms with E-state index in [-0.39, 0.29) is 0 Å². The Hall–Kier alpha value is -2.61. The second-order valence-electron chi connectivity index (χ2n) is 4.98. The highest BCUT2D eigenvalue weighted by Gasteiger charge is 2.05. The first kappa shape index (κ1) is 17.7. The van der Waals surface area contributed by atoms with Crippen LogP contribution in [-0.2, 0) is 11.3 Å². The first-order valence-electron chi connectivity index (χ1n) is 7.64. The molecule has 0 atom stereocenters. The van der Waals surface area contributed by atoms with Crippen LogP contribution in [0.3, 0.4) is 0 Å². The van der Waals surface area contributed by atoms with Gasteiger partial charge in [-0.15, -0.1) is 5.10 Å². The largest absolute Gasteiger partial charge is 0.493 e. The quantitative estimate of drug-likeness (QED) is 0.638. The van der Waals surface area contributed by atoms with Gasteiger partial charge in [-0.1, -0.05) is 6.07 Å². The molecule has 0 fully saturated rings. The van der Waals surface area contributed by atoms with Gasteiger partial charge in [0.15, 0.2) is 17.3 Å². The molecule has 8 heteroatoms. The molecule has 0 unspecified atom stereocenters. The van der Waals surface area contributed by atoms with Crippen LogP contribution in [0.1, 0.15) is 12.0 Å². The third-order valence-corrected chi connectivity index (χ3v) is 3.29. The number of methoxy groups -OCH3 is 3. The Labute approximate surface area is 141 Å². The van der Waals surface area contributed by atoms with Crippen molar-refractivity contribution >= 4 is 11.8 Å².